The summed E-state index contributed by atoms with van der Waals surface area (Å²) in [5.74, 6) is 0.696. The molecule has 1 N–H and O–H groups in total. The molecular weight excluding hydrogens is 298 g/mol. The highest BCUT2D eigenvalue weighted by molar-refractivity contribution is 5.96. The van der Waals surface area contributed by atoms with Gasteiger partial charge in [0.15, 0.2) is 6.10 Å². The standard InChI is InChI=1S/C17H25NO5/c1-11(2)6-9-16(19)23-12(3)17(20)18-14-10-13(21-4)7-8-15(14)22-5/h7-8,10-12H,6,9H2,1-5H3,(H,18,20). The predicted molar refractivity (Wildman–Crippen MR) is 87.8 cm³/mol. The average Bonchev–Trinajstić information content (AvgIpc) is 2.52. The molecule has 1 aromatic rings. The van der Waals surface area contributed by atoms with Crippen molar-refractivity contribution in [3.63, 3.8) is 0 Å². The lowest BCUT2D eigenvalue weighted by Gasteiger charge is -2.16. The fourth-order valence-corrected chi connectivity index (χ4v) is 1.86. The highest BCUT2D eigenvalue weighted by Gasteiger charge is 2.19. The van der Waals surface area contributed by atoms with Gasteiger partial charge in [0.05, 0.1) is 19.9 Å². The van der Waals surface area contributed by atoms with Crippen LogP contribution >= 0.6 is 0 Å². The smallest absolute Gasteiger partial charge is 0.306 e. The van der Waals surface area contributed by atoms with Crippen LogP contribution in [0.1, 0.15) is 33.6 Å². The van der Waals surface area contributed by atoms with Crippen LogP contribution < -0.4 is 14.8 Å². The molecule has 0 aliphatic rings. The first-order valence-electron chi connectivity index (χ1n) is 7.59. The van der Waals surface area contributed by atoms with Gasteiger partial charge in [-0.1, -0.05) is 13.8 Å². The SMILES string of the molecule is COc1ccc(OC)c(NC(=O)C(C)OC(=O)CCC(C)C)c1. The van der Waals surface area contributed by atoms with E-state index in [1.807, 2.05) is 13.8 Å². The van der Waals surface area contributed by atoms with Gasteiger partial charge >= 0.3 is 5.97 Å². The van der Waals surface area contributed by atoms with Crippen molar-refractivity contribution in [2.24, 2.45) is 5.92 Å². The molecule has 1 aromatic carbocycles. The molecular formula is C17H25NO5. The van der Waals surface area contributed by atoms with Crippen LogP contribution in [0.5, 0.6) is 11.5 Å². The zero-order valence-electron chi connectivity index (χ0n) is 14.3. The van der Waals surface area contributed by atoms with Crippen LogP contribution in [0.25, 0.3) is 0 Å². The number of nitrogens with one attached hydrogen (secondary N) is 1. The molecule has 0 bridgehead atoms. The second-order valence-corrected chi connectivity index (χ2v) is 5.62. The van der Waals surface area contributed by atoms with Crippen molar-refractivity contribution >= 4 is 17.6 Å². The number of esters is 1. The van der Waals surface area contributed by atoms with E-state index in [1.54, 1.807) is 18.2 Å². The van der Waals surface area contributed by atoms with Gasteiger partial charge in [0.1, 0.15) is 11.5 Å². The molecule has 23 heavy (non-hydrogen) atoms. The Bertz CT molecular complexity index is 542. The predicted octanol–water partition coefficient (Wildman–Crippen LogP) is 3.01. The van der Waals surface area contributed by atoms with Crippen LogP contribution in [0.15, 0.2) is 18.2 Å². The third-order valence-electron chi connectivity index (χ3n) is 3.27. The Morgan fingerprint density at radius 1 is 1.13 bits per heavy atom. The van der Waals surface area contributed by atoms with Crippen LogP contribution in [-0.2, 0) is 14.3 Å². The second-order valence-electron chi connectivity index (χ2n) is 5.62. The summed E-state index contributed by atoms with van der Waals surface area (Å²) in [5, 5.41) is 2.69. The highest BCUT2D eigenvalue weighted by Crippen LogP contribution is 2.29. The van der Waals surface area contributed by atoms with E-state index in [1.165, 1.54) is 21.1 Å². The summed E-state index contributed by atoms with van der Waals surface area (Å²) in [5.41, 5.74) is 0.460. The Hall–Kier alpha value is -2.24. The molecule has 1 unspecified atom stereocenters. The van der Waals surface area contributed by atoms with E-state index >= 15 is 0 Å². The zero-order chi connectivity index (χ0) is 17.4. The molecule has 0 fully saturated rings. The summed E-state index contributed by atoms with van der Waals surface area (Å²) in [4.78, 5) is 23.9. The topological polar surface area (TPSA) is 73.9 Å². The number of carbonyl (C=O) groups excluding carboxylic acids is 2. The molecule has 0 aliphatic heterocycles. The van der Waals surface area contributed by atoms with E-state index in [0.717, 1.165) is 6.42 Å². The van der Waals surface area contributed by atoms with Crippen molar-refractivity contribution in [2.45, 2.75) is 39.7 Å². The van der Waals surface area contributed by atoms with E-state index in [0.29, 0.717) is 29.5 Å². The van der Waals surface area contributed by atoms with Crippen LogP contribution in [-0.4, -0.2) is 32.2 Å². The lowest BCUT2D eigenvalue weighted by Crippen LogP contribution is -2.30. The number of anilines is 1. The van der Waals surface area contributed by atoms with Crippen molar-refractivity contribution in [3.8, 4) is 11.5 Å². The number of benzene rings is 1. The molecule has 0 radical (unpaired) electrons. The summed E-state index contributed by atoms with van der Waals surface area (Å²) in [6, 6.07) is 5.06. The van der Waals surface area contributed by atoms with E-state index in [-0.39, 0.29) is 5.97 Å². The van der Waals surface area contributed by atoms with Crippen LogP contribution in [0.3, 0.4) is 0 Å². The molecule has 6 heteroatoms. The molecule has 0 saturated carbocycles. The first-order chi connectivity index (χ1) is 10.9. The number of hydrogen-bond donors (Lipinski definition) is 1. The van der Waals surface area contributed by atoms with Gasteiger partial charge in [-0.05, 0) is 31.4 Å². The summed E-state index contributed by atoms with van der Waals surface area (Å²) in [6.07, 6.45) is 0.153. The van der Waals surface area contributed by atoms with Gasteiger partial charge in [0.25, 0.3) is 5.91 Å². The van der Waals surface area contributed by atoms with Gasteiger partial charge in [-0.3, -0.25) is 9.59 Å². The maximum atomic E-state index is 12.2. The molecule has 0 aromatic heterocycles. The van der Waals surface area contributed by atoms with Crippen molar-refractivity contribution in [3.05, 3.63) is 18.2 Å². The minimum absolute atomic E-state index is 0.303. The van der Waals surface area contributed by atoms with Gasteiger partial charge in [-0.15, -0.1) is 0 Å². The minimum Gasteiger partial charge on any atom is -0.497 e. The van der Waals surface area contributed by atoms with Gasteiger partial charge in [0.2, 0.25) is 0 Å². The van der Waals surface area contributed by atoms with Gasteiger partial charge in [-0.25, -0.2) is 0 Å². The lowest BCUT2D eigenvalue weighted by atomic mass is 10.1. The number of hydrogen-bond acceptors (Lipinski definition) is 5. The summed E-state index contributed by atoms with van der Waals surface area (Å²) >= 11 is 0. The molecule has 1 atom stereocenters. The Morgan fingerprint density at radius 3 is 2.39 bits per heavy atom. The van der Waals surface area contributed by atoms with Crippen LogP contribution in [0.4, 0.5) is 5.69 Å². The van der Waals surface area contributed by atoms with Crippen molar-refractivity contribution < 1.29 is 23.8 Å². The monoisotopic (exact) mass is 323 g/mol. The summed E-state index contributed by atoms with van der Waals surface area (Å²) in [7, 11) is 3.04. The number of rotatable bonds is 8. The third-order valence-corrected chi connectivity index (χ3v) is 3.27. The van der Waals surface area contributed by atoms with Crippen LogP contribution in [0, 0.1) is 5.92 Å². The van der Waals surface area contributed by atoms with Crippen LogP contribution in [0.2, 0.25) is 0 Å². The number of methoxy groups -OCH3 is 2. The van der Waals surface area contributed by atoms with E-state index < -0.39 is 12.0 Å². The molecule has 128 valence electrons. The first-order valence-corrected chi connectivity index (χ1v) is 7.59. The molecule has 0 aliphatic carbocycles. The second kappa shape index (κ2) is 9.02. The minimum atomic E-state index is -0.884. The highest BCUT2D eigenvalue weighted by atomic mass is 16.5. The lowest BCUT2D eigenvalue weighted by molar-refractivity contribution is -0.153. The first kappa shape index (κ1) is 18.8. The van der Waals surface area contributed by atoms with Crippen molar-refractivity contribution in [1.82, 2.24) is 0 Å². The molecule has 0 heterocycles. The maximum absolute atomic E-state index is 12.2. The summed E-state index contributed by atoms with van der Waals surface area (Å²) in [6.45, 7) is 5.59. The van der Waals surface area contributed by atoms with E-state index in [4.69, 9.17) is 14.2 Å². The number of ether oxygens (including phenoxy) is 3. The number of amides is 1. The van der Waals surface area contributed by atoms with Crippen molar-refractivity contribution in [1.29, 1.82) is 0 Å². The Morgan fingerprint density at radius 2 is 1.83 bits per heavy atom. The maximum Gasteiger partial charge on any atom is 0.306 e. The normalized spacial score (nSPS) is 11.7. The Balaban J connectivity index is 2.66. The fourth-order valence-electron chi connectivity index (χ4n) is 1.86. The fraction of sp³-hybridized carbons (Fsp3) is 0.529. The molecule has 0 spiro atoms. The van der Waals surface area contributed by atoms with E-state index in [2.05, 4.69) is 5.32 Å². The molecule has 0 saturated heterocycles. The molecule has 6 nitrogen and oxygen atoms in total. The molecule has 1 rings (SSSR count). The Labute approximate surface area is 137 Å². The average molecular weight is 323 g/mol. The zero-order valence-corrected chi connectivity index (χ0v) is 14.3. The van der Waals surface area contributed by atoms with Gasteiger partial charge in [-0.2, -0.15) is 0 Å². The van der Waals surface area contributed by atoms with Gasteiger partial charge in [0, 0.05) is 12.5 Å². The van der Waals surface area contributed by atoms with Gasteiger partial charge < -0.3 is 19.5 Å². The molecule has 1 amide bonds. The Kier molecular flexibility index (Phi) is 7.38. The number of carbonyl (C=O) groups is 2. The largest absolute Gasteiger partial charge is 0.497 e. The van der Waals surface area contributed by atoms with Crippen molar-refractivity contribution in [2.75, 3.05) is 19.5 Å². The van der Waals surface area contributed by atoms with E-state index in [9.17, 15) is 9.59 Å². The third kappa shape index (κ3) is 6.18. The summed E-state index contributed by atoms with van der Waals surface area (Å²) < 4.78 is 15.5. The quantitative estimate of drug-likeness (QED) is 0.744.